The summed E-state index contributed by atoms with van der Waals surface area (Å²) in [5, 5.41) is 9.30. The first-order valence-electron chi connectivity index (χ1n) is 4.13. The highest BCUT2D eigenvalue weighted by Crippen LogP contribution is 1.97. The van der Waals surface area contributed by atoms with Gasteiger partial charge in [-0.2, -0.15) is 0 Å². The molecule has 0 aromatic carbocycles. The number of carbonyl (C=O) groups excluding carboxylic acids is 1. The lowest BCUT2D eigenvalue weighted by Gasteiger charge is -2.03. The maximum atomic E-state index is 11.0. The van der Waals surface area contributed by atoms with Gasteiger partial charge in [-0.1, -0.05) is 19.8 Å². The van der Waals surface area contributed by atoms with Gasteiger partial charge < -0.3 is 4.74 Å². The summed E-state index contributed by atoms with van der Waals surface area (Å²) in [6.45, 7) is 2.08. The van der Waals surface area contributed by atoms with Crippen molar-refractivity contribution in [2.75, 3.05) is 7.11 Å². The van der Waals surface area contributed by atoms with E-state index in [2.05, 4.69) is 17.0 Å². The molecule has 0 heterocycles. The van der Waals surface area contributed by atoms with Crippen LogP contribution in [0.25, 0.3) is 0 Å². The van der Waals surface area contributed by atoms with Gasteiger partial charge in [0.15, 0.2) is 0 Å². The number of unbranched alkanes of at least 4 members (excludes halogenated alkanes) is 2. The van der Waals surface area contributed by atoms with Gasteiger partial charge in [-0.3, -0.25) is 15.5 Å². The molecule has 13 heavy (non-hydrogen) atoms. The number of amides is 1. The quantitative estimate of drug-likeness (QED) is 0.420. The van der Waals surface area contributed by atoms with E-state index in [9.17, 15) is 4.79 Å². The van der Waals surface area contributed by atoms with Gasteiger partial charge in [-0.25, -0.2) is 0 Å². The Morgan fingerprint density at radius 2 is 2.08 bits per heavy atom. The van der Waals surface area contributed by atoms with Crippen molar-refractivity contribution in [3.8, 4) is 0 Å². The number of ether oxygens (including phenoxy) is 1. The van der Waals surface area contributed by atoms with E-state index in [1.165, 1.54) is 7.11 Å². The Morgan fingerprint density at radius 1 is 1.46 bits per heavy atom. The molecule has 5 heteroatoms. The fourth-order valence-electron chi connectivity index (χ4n) is 0.776. The number of nitrogens with one attached hydrogen (secondary N) is 2. The van der Waals surface area contributed by atoms with Crippen molar-refractivity contribution in [1.82, 2.24) is 5.32 Å². The maximum absolute atomic E-state index is 11.0. The Morgan fingerprint density at radius 3 is 2.54 bits per heavy atom. The van der Waals surface area contributed by atoms with Crippen molar-refractivity contribution in [3.63, 3.8) is 0 Å². The summed E-state index contributed by atoms with van der Waals surface area (Å²) in [7, 11) is 1.36. The number of rotatable bonds is 4. The van der Waals surface area contributed by atoms with E-state index in [0.29, 0.717) is 6.42 Å². The second-order valence-corrected chi connectivity index (χ2v) is 2.54. The molecule has 0 aromatic rings. The zero-order valence-electron chi connectivity index (χ0n) is 8.05. The molecular weight excluding hydrogens is 192 g/mol. The largest absolute Gasteiger partial charge is 0.468 e. The van der Waals surface area contributed by atoms with E-state index in [1.807, 2.05) is 0 Å². The van der Waals surface area contributed by atoms with Gasteiger partial charge in [-0.15, -0.1) is 12.4 Å². The third-order valence-corrected chi connectivity index (χ3v) is 1.46. The average molecular weight is 209 g/mol. The Balaban J connectivity index is 0. The number of halogens is 1. The maximum Gasteiger partial charge on any atom is 0.288 e. The summed E-state index contributed by atoms with van der Waals surface area (Å²) in [6, 6.07) is -0.184. The highest BCUT2D eigenvalue weighted by Gasteiger charge is 2.02. The van der Waals surface area contributed by atoms with Crippen molar-refractivity contribution >= 4 is 24.3 Å². The molecule has 0 aliphatic carbocycles. The SMILES string of the molecule is CCCCCC(=O)NC(=N)OC.Cl. The molecule has 0 atom stereocenters. The lowest BCUT2D eigenvalue weighted by molar-refractivity contribution is -0.120. The number of hydrogen-bond donors (Lipinski definition) is 2. The van der Waals surface area contributed by atoms with Crippen molar-refractivity contribution in [3.05, 3.63) is 0 Å². The van der Waals surface area contributed by atoms with Crippen LogP contribution >= 0.6 is 12.4 Å². The molecule has 0 radical (unpaired) electrons. The lowest BCUT2D eigenvalue weighted by Crippen LogP contribution is -2.30. The smallest absolute Gasteiger partial charge is 0.288 e. The molecular formula is C8H17ClN2O2. The molecule has 78 valence electrons. The fourth-order valence-corrected chi connectivity index (χ4v) is 0.776. The lowest BCUT2D eigenvalue weighted by atomic mass is 10.2. The first kappa shape index (κ1) is 14.7. The van der Waals surface area contributed by atoms with Crippen LogP contribution in [-0.2, 0) is 9.53 Å². The summed E-state index contributed by atoms with van der Waals surface area (Å²) in [5.74, 6) is -0.143. The standard InChI is InChI=1S/C8H16N2O2.ClH/c1-3-4-5-6-7(11)10-8(9)12-2;/h3-6H2,1-2H3,(H2,9,10,11);1H. The van der Waals surface area contributed by atoms with Gasteiger partial charge in [0, 0.05) is 6.42 Å². The second kappa shape index (κ2) is 9.32. The van der Waals surface area contributed by atoms with Gasteiger partial charge >= 0.3 is 0 Å². The van der Waals surface area contributed by atoms with E-state index in [0.717, 1.165) is 19.3 Å². The molecule has 1 amide bonds. The molecule has 2 N–H and O–H groups in total. The van der Waals surface area contributed by atoms with Crippen LogP contribution in [-0.4, -0.2) is 19.0 Å². The van der Waals surface area contributed by atoms with Crippen LogP contribution in [0.1, 0.15) is 32.6 Å². The van der Waals surface area contributed by atoms with Gasteiger partial charge in [0.25, 0.3) is 6.02 Å². The number of amidine groups is 1. The van der Waals surface area contributed by atoms with Crippen LogP contribution in [0.4, 0.5) is 0 Å². The van der Waals surface area contributed by atoms with Crippen molar-refractivity contribution < 1.29 is 9.53 Å². The second-order valence-electron chi connectivity index (χ2n) is 2.54. The molecule has 0 saturated heterocycles. The topological polar surface area (TPSA) is 62.2 Å². The summed E-state index contributed by atoms with van der Waals surface area (Å²) in [4.78, 5) is 11.0. The van der Waals surface area contributed by atoms with E-state index in [-0.39, 0.29) is 24.3 Å². The number of methoxy groups -OCH3 is 1. The Bertz CT molecular complexity index is 162. The molecule has 0 spiro atoms. The molecule has 0 saturated carbocycles. The van der Waals surface area contributed by atoms with Gasteiger partial charge in [0.2, 0.25) is 5.91 Å². The van der Waals surface area contributed by atoms with Gasteiger partial charge in [0.05, 0.1) is 7.11 Å². The molecule has 0 rings (SSSR count). The highest BCUT2D eigenvalue weighted by atomic mass is 35.5. The predicted molar refractivity (Wildman–Crippen MR) is 54.3 cm³/mol. The minimum absolute atomic E-state index is 0. The predicted octanol–water partition coefficient (Wildman–Crippen LogP) is 1.69. The zero-order chi connectivity index (χ0) is 9.40. The van der Waals surface area contributed by atoms with E-state index in [4.69, 9.17) is 5.41 Å². The summed E-state index contributed by atoms with van der Waals surface area (Å²) < 4.78 is 4.48. The Hall–Kier alpha value is -0.770. The normalized spacial score (nSPS) is 8.46. The number of carbonyl (C=O) groups is 1. The summed E-state index contributed by atoms with van der Waals surface area (Å²) in [6.07, 6.45) is 3.49. The van der Waals surface area contributed by atoms with Gasteiger partial charge in [0.1, 0.15) is 0 Å². The first-order valence-corrected chi connectivity index (χ1v) is 4.13. The molecule has 0 aliphatic heterocycles. The molecule has 0 bridgehead atoms. The van der Waals surface area contributed by atoms with Crippen molar-refractivity contribution in [2.45, 2.75) is 32.6 Å². The van der Waals surface area contributed by atoms with Crippen molar-refractivity contribution in [1.29, 1.82) is 5.41 Å². The van der Waals surface area contributed by atoms with Crippen LogP contribution in [0.15, 0.2) is 0 Å². The van der Waals surface area contributed by atoms with E-state index < -0.39 is 0 Å². The molecule has 4 nitrogen and oxygen atoms in total. The van der Waals surface area contributed by atoms with E-state index >= 15 is 0 Å². The third-order valence-electron chi connectivity index (χ3n) is 1.46. The van der Waals surface area contributed by atoms with Crippen LogP contribution in [0.5, 0.6) is 0 Å². The third kappa shape index (κ3) is 9.14. The summed E-state index contributed by atoms with van der Waals surface area (Å²) >= 11 is 0. The van der Waals surface area contributed by atoms with Crippen molar-refractivity contribution in [2.24, 2.45) is 0 Å². The molecule has 0 aliphatic rings. The van der Waals surface area contributed by atoms with Crippen LogP contribution < -0.4 is 5.32 Å². The average Bonchev–Trinajstić information content (AvgIpc) is 2.05. The van der Waals surface area contributed by atoms with Gasteiger partial charge in [-0.05, 0) is 6.42 Å². The molecule has 0 unspecified atom stereocenters. The van der Waals surface area contributed by atoms with Crippen LogP contribution in [0.3, 0.4) is 0 Å². The van der Waals surface area contributed by atoms with E-state index in [1.54, 1.807) is 0 Å². The number of hydrogen-bond acceptors (Lipinski definition) is 3. The monoisotopic (exact) mass is 208 g/mol. The van der Waals surface area contributed by atoms with Crippen LogP contribution in [0.2, 0.25) is 0 Å². The fraction of sp³-hybridized carbons (Fsp3) is 0.750. The minimum atomic E-state index is -0.184. The molecule has 0 aromatic heterocycles. The first-order chi connectivity index (χ1) is 5.70. The molecule has 0 fully saturated rings. The zero-order valence-corrected chi connectivity index (χ0v) is 8.87. The highest BCUT2D eigenvalue weighted by molar-refractivity contribution is 5.92. The Kier molecular flexibility index (Phi) is 10.6. The summed E-state index contributed by atoms with van der Waals surface area (Å²) in [5.41, 5.74) is 0. The Labute approximate surface area is 85.0 Å². The van der Waals surface area contributed by atoms with Crippen LogP contribution in [0, 0.1) is 5.41 Å². The minimum Gasteiger partial charge on any atom is -0.468 e.